The van der Waals surface area contributed by atoms with Gasteiger partial charge in [0.1, 0.15) is 5.60 Å². The Morgan fingerprint density at radius 1 is 1.39 bits per heavy atom. The Bertz CT molecular complexity index is 972. The summed E-state index contributed by atoms with van der Waals surface area (Å²) in [4.78, 5) is 21.4. The lowest BCUT2D eigenvalue weighted by Gasteiger charge is -2.39. The van der Waals surface area contributed by atoms with Crippen LogP contribution in [-0.2, 0) is 16.2 Å². The lowest BCUT2D eigenvalue weighted by molar-refractivity contribution is -0.144. The van der Waals surface area contributed by atoms with Crippen molar-refractivity contribution in [3.05, 3.63) is 18.0 Å². The van der Waals surface area contributed by atoms with Crippen molar-refractivity contribution < 1.29 is 19.8 Å². The van der Waals surface area contributed by atoms with E-state index in [1.54, 1.807) is 12.4 Å². The number of aliphatic hydroxyl groups is 1. The molecule has 5 rings (SSSR count). The number of fused-ring (bicyclic) bond motifs is 1. The Kier molecular flexibility index (Phi) is 3.84. The molecule has 9 nitrogen and oxygen atoms in total. The van der Waals surface area contributed by atoms with Crippen molar-refractivity contribution in [2.75, 3.05) is 5.32 Å². The van der Waals surface area contributed by atoms with Crippen LogP contribution in [0, 0.1) is 5.92 Å². The highest BCUT2D eigenvalue weighted by Gasteiger charge is 2.50. The third-order valence-electron chi connectivity index (χ3n) is 6.17. The molecule has 148 valence electrons. The molecule has 3 N–H and O–H groups in total. The third-order valence-corrected chi connectivity index (χ3v) is 6.17. The first kappa shape index (κ1) is 17.4. The zero-order valence-electron chi connectivity index (χ0n) is 15.6. The van der Waals surface area contributed by atoms with Crippen molar-refractivity contribution >= 4 is 28.4 Å². The number of hydrogen-bond acceptors (Lipinski definition) is 7. The number of nitrogens with one attached hydrogen (secondary N) is 1. The van der Waals surface area contributed by atoms with Crippen LogP contribution in [0.2, 0.25) is 0 Å². The summed E-state index contributed by atoms with van der Waals surface area (Å²) >= 11 is 0. The maximum absolute atomic E-state index is 11.1. The predicted molar refractivity (Wildman–Crippen MR) is 101 cm³/mol. The molecule has 1 spiro atoms. The number of rotatable bonds is 5. The Labute approximate surface area is 161 Å². The number of aliphatic carboxylic acids is 1. The van der Waals surface area contributed by atoms with E-state index in [0.29, 0.717) is 38.6 Å². The highest BCUT2D eigenvalue weighted by molar-refractivity contribution is 6.10. The predicted octanol–water partition coefficient (Wildman–Crippen LogP) is 1.74. The zero-order chi connectivity index (χ0) is 19.5. The number of nitrogens with zero attached hydrogens (tertiary/aromatic N) is 4. The van der Waals surface area contributed by atoms with Crippen LogP contribution in [0.4, 0.5) is 5.69 Å². The summed E-state index contributed by atoms with van der Waals surface area (Å²) in [5, 5.41) is 32.0. The maximum Gasteiger partial charge on any atom is 0.306 e. The van der Waals surface area contributed by atoms with E-state index in [0.717, 1.165) is 28.0 Å². The van der Waals surface area contributed by atoms with Crippen molar-refractivity contribution in [1.29, 1.82) is 0 Å². The van der Waals surface area contributed by atoms with Crippen molar-refractivity contribution in [2.24, 2.45) is 11.1 Å². The van der Waals surface area contributed by atoms with Gasteiger partial charge in [-0.1, -0.05) is 5.16 Å². The van der Waals surface area contributed by atoms with Gasteiger partial charge in [0, 0.05) is 43.6 Å². The number of carboxylic acids is 1. The number of carboxylic acid groups (broad SMARTS) is 1. The van der Waals surface area contributed by atoms with Crippen LogP contribution in [0.25, 0.3) is 11.0 Å². The number of oxime groups is 1. The van der Waals surface area contributed by atoms with Crippen LogP contribution in [0.5, 0.6) is 0 Å². The van der Waals surface area contributed by atoms with Crippen molar-refractivity contribution in [2.45, 2.75) is 63.3 Å². The second-order valence-corrected chi connectivity index (χ2v) is 8.14. The molecule has 0 unspecified atom stereocenters. The van der Waals surface area contributed by atoms with Gasteiger partial charge in [-0.25, -0.2) is 9.67 Å². The first-order valence-electron chi connectivity index (χ1n) is 9.75. The van der Waals surface area contributed by atoms with Crippen LogP contribution < -0.4 is 5.32 Å². The molecule has 0 saturated heterocycles. The van der Waals surface area contributed by atoms with Crippen molar-refractivity contribution in [3.8, 4) is 0 Å². The molecule has 9 heteroatoms. The molecule has 0 bridgehead atoms. The second-order valence-electron chi connectivity index (χ2n) is 8.14. The largest absolute Gasteiger partial charge is 0.481 e. The van der Waals surface area contributed by atoms with Crippen LogP contribution in [0.3, 0.4) is 0 Å². The zero-order valence-corrected chi connectivity index (χ0v) is 15.6. The summed E-state index contributed by atoms with van der Waals surface area (Å²) in [7, 11) is 0. The molecule has 1 aliphatic heterocycles. The quantitative estimate of drug-likeness (QED) is 0.717. The van der Waals surface area contributed by atoms with E-state index in [4.69, 9.17) is 9.94 Å². The number of aromatic nitrogens is 3. The minimum absolute atomic E-state index is 0.0952. The van der Waals surface area contributed by atoms with Crippen molar-refractivity contribution in [1.82, 2.24) is 14.8 Å². The normalized spacial score (nSPS) is 31.2. The highest BCUT2D eigenvalue weighted by Crippen LogP contribution is 2.45. The fraction of sp³-hybridized carbons (Fsp3) is 0.579. The average Bonchev–Trinajstić information content (AvgIpc) is 3.21. The summed E-state index contributed by atoms with van der Waals surface area (Å²) in [5.74, 6) is -1.03. The minimum Gasteiger partial charge on any atom is -0.481 e. The van der Waals surface area contributed by atoms with E-state index >= 15 is 0 Å². The monoisotopic (exact) mass is 385 g/mol. The van der Waals surface area contributed by atoms with E-state index in [9.17, 15) is 9.90 Å². The van der Waals surface area contributed by atoms with Crippen molar-refractivity contribution in [3.63, 3.8) is 0 Å². The summed E-state index contributed by atoms with van der Waals surface area (Å²) in [6.07, 6.45) is 6.28. The Morgan fingerprint density at radius 3 is 2.86 bits per heavy atom. The Hall–Kier alpha value is -2.68. The molecule has 0 amide bonds. The van der Waals surface area contributed by atoms with E-state index < -0.39 is 5.97 Å². The number of aliphatic hydroxyl groups excluding tert-OH is 1. The second kappa shape index (κ2) is 6.16. The fourth-order valence-corrected chi connectivity index (χ4v) is 4.46. The molecule has 2 aliphatic carbocycles. The fourth-order valence-electron chi connectivity index (χ4n) is 4.46. The Morgan fingerprint density at radius 2 is 2.18 bits per heavy atom. The highest BCUT2D eigenvalue weighted by atomic mass is 16.7. The van der Waals surface area contributed by atoms with E-state index in [-0.39, 0.29) is 23.7 Å². The first-order valence-corrected chi connectivity index (χ1v) is 9.75. The molecule has 28 heavy (non-hydrogen) atoms. The van der Waals surface area contributed by atoms with Gasteiger partial charge in [0.15, 0.2) is 5.65 Å². The van der Waals surface area contributed by atoms with Gasteiger partial charge in [0.05, 0.1) is 35.0 Å². The standard InChI is InChI=1S/C19H23N5O4/c1-2-24-17-14(9-21-24)16(22-11-3-10(4-11)18(26)27)13(8-20-17)15-7-19(28-23-15)5-12(25)6-19/h8-12,25H,2-7H2,1H3,(H,20,22)(H,26,27). The average molecular weight is 385 g/mol. The number of pyridine rings is 1. The van der Waals surface area contributed by atoms with Gasteiger partial charge in [0.2, 0.25) is 0 Å². The first-order chi connectivity index (χ1) is 13.5. The number of anilines is 1. The maximum atomic E-state index is 11.1. The topological polar surface area (TPSA) is 122 Å². The molecule has 0 atom stereocenters. The lowest BCUT2D eigenvalue weighted by atomic mass is 9.74. The molecule has 2 fully saturated rings. The molecule has 0 radical (unpaired) electrons. The van der Waals surface area contributed by atoms with Gasteiger partial charge >= 0.3 is 5.97 Å². The molecule has 2 aromatic rings. The van der Waals surface area contributed by atoms with Gasteiger partial charge < -0.3 is 20.4 Å². The minimum atomic E-state index is -0.740. The number of hydrogen-bond donors (Lipinski definition) is 3. The lowest BCUT2D eigenvalue weighted by Crippen LogP contribution is -2.47. The van der Waals surface area contributed by atoms with Gasteiger partial charge in [-0.3, -0.25) is 4.79 Å². The van der Waals surface area contributed by atoms with Crippen LogP contribution in [0.1, 0.15) is 44.6 Å². The number of aryl methyl sites for hydroxylation is 1. The smallest absolute Gasteiger partial charge is 0.306 e. The van der Waals surface area contributed by atoms with Gasteiger partial charge in [-0.15, -0.1) is 0 Å². The SMILES string of the molecule is CCn1ncc2c(NC3CC(C(=O)O)C3)c(C3=NOC4(C3)CC(O)C4)cnc21. The van der Waals surface area contributed by atoms with E-state index in [1.807, 2.05) is 11.6 Å². The van der Waals surface area contributed by atoms with E-state index in [1.165, 1.54) is 0 Å². The van der Waals surface area contributed by atoms with Crippen LogP contribution in [0.15, 0.2) is 17.5 Å². The van der Waals surface area contributed by atoms with Gasteiger partial charge in [-0.05, 0) is 19.8 Å². The van der Waals surface area contributed by atoms with E-state index in [2.05, 4.69) is 20.6 Å². The van der Waals surface area contributed by atoms with Gasteiger partial charge in [-0.2, -0.15) is 5.10 Å². The summed E-state index contributed by atoms with van der Waals surface area (Å²) in [5.41, 5.74) is 2.95. The molecular weight excluding hydrogens is 362 g/mol. The summed E-state index contributed by atoms with van der Waals surface area (Å²) in [6.45, 7) is 2.73. The van der Waals surface area contributed by atoms with Crippen LogP contribution >= 0.6 is 0 Å². The molecule has 3 heterocycles. The summed E-state index contributed by atoms with van der Waals surface area (Å²) < 4.78 is 1.84. The molecule has 2 aromatic heterocycles. The van der Waals surface area contributed by atoms with Crippen LogP contribution in [-0.4, -0.2) is 54.4 Å². The number of carbonyl (C=O) groups is 1. The summed E-state index contributed by atoms with van der Waals surface area (Å²) in [6, 6.07) is 0.0952. The molecule has 2 saturated carbocycles. The molecule has 0 aromatic carbocycles. The third kappa shape index (κ3) is 2.64. The molecule has 3 aliphatic rings. The van der Waals surface area contributed by atoms with Gasteiger partial charge in [0.25, 0.3) is 0 Å². The Balaban J connectivity index is 1.47. The molecular formula is C19H23N5O4.